The molecule has 0 aliphatic carbocycles. The van der Waals surface area contributed by atoms with Gasteiger partial charge in [0.05, 0.1) is 12.3 Å². The van der Waals surface area contributed by atoms with Crippen LogP contribution in [0, 0.1) is 6.92 Å². The molecule has 0 saturated heterocycles. The molecule has 2 aromatic rings. The van der Waals surface area contributed by atoms with Gasteiger partial charge in [0.1, 0.15) is 5.75 Å². The summed E-state index contributed by atoms with van der Waals surface area (Å²) >= 11 is 5.66. The Balaban J connectivity index is 1.71. The summed E-state index contributed by atoms with van der Waals surface area (Å²) in [6.07, 6.45) is 3.61. The number of benzene rings is 1. The lowest BCUT2D eigenvalue weighted by Crippen LogP contribution is -2.05. The number of rotatable bonds is 7. The molecular weight excluding hydrogens is 262 g/mol. The van der Waals surface area contributed by atoms with Crippen LogP contribution in [0.1, 0.15) is 17.7 Å². The van der Waals surface area contributed by atoms with Gasteiger partial charge in [-0.1, -0.05) is 17.3 Å². The van der Waals surface area contributed by atoms with Gasteiger partial charge in [0, 0.05) is 31.5 Å². The molecule has 0 spiro atoms. The fourth-order valence-corrected chi connectivity index (χ4v) is 1.97. The normalized spacial score (nSPS) is 10.6. The van der Waals surface area contributed by atoms with E-state index in [-0.39, 0.29) is 0 Å². The highest BCUT2D eigenvalue weighted by Crippen LogP contribution is 2.12. The quantitative estimate of drug-likeness (QED) is 0.578. The molecule has 0 amide bonds. The van der Waals surface area contributed by atoms with Gasteiger partial charge >= 0.3 is 0 Å². The van der Waals surface area contributed by atoms with Crippen LogP contribution in [0.5, 0.6) is 5.75 Å². The van der Waals surface area contributed by atoms with Crippen molar-refractivity contribution in [2.45, 2.75) is 26.3 Å². The average Bonchev–Trinajstić information content (AvgIpc) is 2.83. The van der Waals surface area contributed by atoms with E-state index in [0.717, 1.165) is 30.8 Å². The molecule has 0 bridgehead atoms. The zero-order chi connectivity index (χ0) is 13.5. The summed E-state index contributed by atoms with van der Waals surface area (Å²) in [4.78, 5) is 0. The molecule has 0 unspecified atom stereocenters. The molecule has 5 heteroatoms. The second-order valence-electron chi connectivity index (χ2n) is 4.43. The van der Waals surface area contributed by atoms with E-state index in [4.69, 9.17) is 16.3 Å². The first-order chi connectivity index (χ1) is 9.28. The monoisotopic (exact) mass is 279 g/mol. The van der Waals surface area contributed by atoms with Crippen molar-refractivity contribution in [3.63, 3.8) is 0 Å². The van der Waals surface area contributed by atoms with Crippen LogP contribution in [0.3, 0.4) is 0 Å². The molecule has 1 aromatic carbocycles. The molecule has 2 rings (SSSR count). The van der Waals surface area contributed by atoms with Gasteiger partial charge in [0.25, 0.3) is 0 Å². The third-order valence-electron chi connectivity index (χ3n) is 2.73. The van der Waals surface area contributed by atoms with Crippen LogP contribution in [-0.4, -0.2) is 27.5 Å². The van der Waals surface area contributed by atoms with Gasteiger partial charge in [-0.15, -0.1) is 16.7 Å². The fourth-order valence-electron chi connectivity index (χ4n) is 1.78. The van der Waals surface area contributed by atoms with Crippen LogP contribution in [0.2, 0.25) is 0 Å². The smallest absolute Gasteiger partial charge is 0.119 e. The molecule has 0 aliphatic heterocycles. The number of aryl methyl sites for hydroxylation is 3. The second-order valence-corrected chi connectivity index (χ2v) is 4.81. The van der Waals surface area contributed by atoms with E-state index in [9.17, 15) is 0 Å². The zero-order valence-corrected chi connectivity index (χ0v) is 11.8. The van der Waals surface area contributed by atoms with Crippen molar-refractivity contribution < 1.29 is 4.74 Å². The Hall–Kier alpha value is -1.55. The largest absolute Gasteiger partial charge is 0.494 e. The van der Waals surface area contributed by atoms with E-state index in [0.29, 0.717) is 12.5 Å². The van der Waals surface area contributed by atoms with Crippen molar-refractivity contribution >= 4 is 11.6 Å². The van der Waals surface area contributed by atoms with Crippen molar-refractivity contribution in [2.24, 2.45) is 0 Å². The third-order valence-corrected chi connectivity index (χ3v) is 2.92. The van der Waals surface area contributed by atoms with E-state index in [1.807, 2.05) is 29.1 Å². The number of halogens is 1. The number of hydrogen-bond donors (Lipinski definition) is 0. The van der Waals surface area contributed by atoms with Gasteiger partial charge in [-0.3, -0.25) is 4.68 Å². The predicted octanol–water partition coefficient (Wildman–Crippen LogP) is 2.84. The number of nitrogens with zero attached hydrogens (tertiary/aromatic N) is 3. The van der Waals surface area contributed by atoms with Crippen molar-refractivity contribution in [2.75, 3.05) is 12.5 Å². The van der Waals surface area contributed by atoms with Crippen LogP contribution in [-0.2, 0) is 13.0 Å². The van der Waals surface area contributed by atoms with E-state index in [1.54, 1.807) is 0 Å². The number of hydrogen-bond acceptors (Lipinski definition) is 3. The van der Waals surface area contributed by atoms with Gasteiger partial charge in [-0.2, -0.15) is 0 Å². The highest BCUT2D eigenvalue weighted by Gasteiger charge is 2.00. The van der Waals surface area contributed by atoms with E-state index < -0.39 is 0 Å². The summed E-state index contributed by atoms with van der Waals surface area (Å²) in [6, 6.07) is 8.07. The van der Waals surface area contributed by atoms with Gasteiger partial charge < -0.3 is 4.74 Å². The van der Waals surface area contributed by atoms with Gasteiger partial charge in [0.2, 0.25) is 0 Å². The molecule has 0 saturated carbocycles. The Bertz CT molecular complexity index is 513. The van der Waals surface area contributed by atoms with Crippen molar-refractivity contribution in [1.82, 2.24) is 15.0 Å². The number of ether oxygens (including phenoxy) is 1. The fraction of sp³-hybridized carbons (Fsp3) is 0.429. The maximum absolute atomic E-state index is 5.68. The molecule has 0 radical (unpaired) electrons. The Morgan fingerprint density at radius 2 is 2.26 bits per heavy atom. The minimum absolute atomic E-state index is 0.579. The maximum atomic E-state index is 5.68. The molecule has 0 aliphatic rings. The summed E-state index contributed by atoms with van der Waals surface area (Å²) in [5.74, 6) is 1.50. The Morgan fingerprint density at radius 1 is 1.37 bits per heavy atom. The number of alkyl halides is 1. The Morgan fingerprint density at radius 3 is 3.05 bits per heavy atom. The van der Waals surface area contributed by atoms with E-state index >= 15 is 0 Å². The molecule has 0 fully saturated rings. The number of aromatic nitrogens is 3. The molecule has 0 atom stereocenters. The lowest BCUT2D eigenvalue weighted by atomic mass is 10.2. The predicted molar refractivity (Wildman–Crippen MR) is 75.7 cm³/mol. The SMILES string of the molecule is Cc1cccc(OCCCn2cc(CCCl)nn2)c1. The van der Waals surface area contributed by atoms with Gasteiger partial charge in [-0.05, 0) is 24.6 Å². The zero-order valence-electron chi connectivity index (χ0n) is 11.1. The van der Waals surface area contributed by atoms with Crippen LogP contribution in [0.15, 0.2) is 30.5 Å². The summed E-state index contributed by atoms with van der Waals surface area (Å²) in [6.45, 7) is 3.54. The van der Waals surface area contributed by atoms with Crippen molar-refractivity contribution in [3.8, 4) is 5.75 Å². The standard InChI is InChI=1S/C14H18ClN3O/c1-12-4-2-5-14(10-12)19-9-3-8-18-11-13(6-7-15)16-17-18/h2,4-5,10-11H,3,6-9H2,1H3. The maximum Gasteiger partial charge on any atom is 0.119 e. The van der Waals surface area contributed by atoms with Crippen LogP contribution in [0.25, 0.3) is 0 Å². The van der Waals surface area contributed by atoms with Crippen LogP contribution < -0.4 is 4.74 Å². The topological polar surface area (TPSA) is 39.9 Å². The highest BCUT2D eigenvalue weighted by atomic mass is 35.5. The molecule has 1 aromatic heterocycles. The summed E-state index contributed by atoms with van der Waals surface area (Å²) in [5, 5.41) is 8.09. The first-order valence-corrected chi connectivity index (χ1v) is 6.96. The van der Waals surface area contributed by atoms with Crippen LogP contribution in [0.4, 0.5) is 0 Å². The van der Waals surface area contributed by atoms with Gasteiger partial charge in [-0.25, -0.2) is 0 Å². The molecule has 4 nitrogen and oxygen atoms in total. The Kier molecular flexibility index (Phi) is 5.21. The molecule has 0 N–H and O–H groups in total. The second kappa shape index (κ2) is 7.14. The summed E-state index contributed by atoms with van der Waals surface area (Å²) in [7, 11) is 0. The lowest BCUT2D eigenvalue weighted by Gasteiger charge is -2.06. The van der Waals surface area contributed by atoms with Crippen molar-refractivity contribution in [1.29, 1.82) is 0 Å². The summed E-state index contributed by atoms with van der Waals surface area (Å²) < 4.78 is 7.52. The minimum atomic E-state index is 0.579. The van der Waals surface area contributed by atoms with Gasteiger partial charge in [0.15, 0.2) is 0 Å². The Labute approximate surface area is 118 Å². The highest BCUT2D eigenvalue weighted by molar-refractivity contribution is 6.17. The third kappa shape index (κ3) is 4.56. The first kappa shape index (κ1) is 13.9. The minimum Gasteiger partial charge on any atom is -0.494 e. The van der Waals surface area contributed by atoms with E-state index in [1.165, 1.54) is 5.56 Å². The molecule has 19 heavy (non-hydrogen) atoms. The van der Waals surface area contributed by atoms with Crippen molar-refractivity contribution in [3.05, 3.63) is 41.7 Å². The average molecular weight is 280 g/mol. The first-order valence-electron chi connectivity index (χ1n) is 6.42. The lowest BCUT2D eigenvalue weighted by molar-refractivity contribution is 0.298. The molecule has 1 heterocycles. The van der Waals surface area contributed by atoms with Crippen LogP contribution >= 0.6 is 11.6 Å². The summed E-state index contributed by atoms with van der Waals surface area (Å²) in [5.41, 5.74) is 2.15. The molecular formula is C14H18ClN3O. The van der Waals surface area contributed by atoms with E-state index in [2.05, 4.69) is 23.3 Å². The molecule has 102 valence electrons.